The van der Waals surface area contributed by atoms with Crippen molar-refractivity contribution in [3.8, 4) is 6.07 Å². The van der Waals surface area contributed by atoms with Gasteiger partial charge < -0.3 is 14.6 Å². The van der Waals surface area contributed by atoms with E-state index < -0.39 is 33.6 Å². The maximum absolute atomic E-state index is 14.6. The minimum absolute atomic E-state index is 0.0382. The van der Waals surface area contributed by atoms with Crippen LogP contribution in [0, 0.1) is 28.4 Å². The fourth-order valence-electron chi connectivity index (χ4n) is 2.81. The number of halogens is 3. The summed E-state index contributed by atoms with van der Waals surface area (Å²) in [7, 11) is 0. The molecule has 124 valence electrons. The molecule has 2 N–H and O–H groups in total. The summed E-state index contributed by atoms with van der Waals surface area (Å²) in [5.74, 6) is -3.55. The molecular weight excluding hydrogens is 342 g/mol. The predicted octanol–water partition coefficient (Wildman–Crippen LogP) is 2.53. The Bertz CT molecular complexity index is 994. The van der Waals surface area contributed by atoms with Gasteiger partial charge in [0.15, 0.2) is 11.6 Å². The summed E-state index contributed by atoms with van der Waals surface area (Å²) in [6, 6.07) is 1.49. The number of esters is 1. The highest BCUT2D eigenvalue weighted by Gasteiger charge is 2.31. The number of aromatic nitrogens is 1. The van der Waals surface area contributed by atoms with E-state index in [-0.39, 0.29) is 28.9 Å². The molecule has 0 atom stereocenters. The average Bonchev–Trinajstić information content (AvgIpc) is 3.03. The summed E-state index contributed by atoms with van der Waals surface area (Å²) in [4.78, 5) is 12.3. The zero-order valence-corrected chi connectivity index (χ0v) is 13.2. The molecule has 6 nitrogen and oxygen atoms in total. The van der Waals surface area contributed by atoms with E-state index >= 15 is 0 Å². The lowest BCUT2D eigenvalue weighted by atomic mass is 10.0. The van der Waals surface area contributed by atoms with Crippen molar-refractivity contribution in [1.29, 1.82) is 10.7 Å². The van der Waals surface area contributed by atoms with Gasteiger partial charge in [-0.2, -0.15) is 5.26 Å². The van der Waals surface area contributed by atoms with Gasteiger partial charge in [-0.3, -0.25) is 5.41 Å². The fraction of sp³-hybridized carbons (Fsp3) is 0.267. The number of pyridine rings is 1. The number of ether oxygens (including phenoxy) is 1. The quantitative estimate of drug-likeness (QED) is 0.642. The van der Waals surface area contributed by atoms with Gasteiger partial charge in [-0.15, -0.1) is 0 Å². The van der Waals surface area contributed by atoms with E-state index in [2.05, 4.69) is 5.32 Å². The third-order valence-electron chi connectivity index (χ3n) is 3.80. The summed E-state index contributed by atoms with van der Waals surface area (Å²) in [6.45, 7) is 2.36. The molecule has 24 heavy (non-hydrogen) atoms. The highest BCUT2D eigenvalue weighted by Crippen LogP contribution is 2.36. The number of carbonyl (C=O) groups is 1. The molecule has 0 fully saturated rings. The average molecular weight is 353 g/mol. The second-order valence-electron chi connectivity index (χ2n) is 5.05. The lowest BCUT2D eigenvalue weighted by molar-refractivity contribution is 0.0529. The van der Waals surface area contributed by atoms with Gasteiger partial charge in [-0.05, 0) is 6.92 Å². The number of fused-ring (bicyclic) bond motifs is 2. The zero-order valence-electron chi connectivity index (χ0n) is 12.5. The second-order valence-corrected chi connectivity index (χ2v) is 5.43. The Morgan fingerprint density at radius 2 is 2.17 bits per heavy atom. The van der Waals surface area contributed by atoms with Gasteiger partial charge in [0, 0.05) is 23.9 Å². The Balaban J connectivity index is 2.60. The standard InChI is InChI=1S/C15H11ClF2N4O2/c1-2-24-15(23)9-7-8(13(20)22-4-3-21-14(9)22)10(16)6(5-19)11(17)12(7)18/h20-21H,2-4H2,1H3. The molecule has 0 unspecified atom stereocenters. The minimum Gasteiger partial charge on any atom is -0.462 e. The molecule has 0 bridgehead atoms. The lowest BCUT2D eigenvalue weighted by Gasteiger charge is -2.16. The fourth-order valence-corrected chi connectivity index (χ4v) is 3.12. The number of anilines is 1. The van der Waals surface area contributed by atoms with E-state index in [1.54, 1.807) is 6.92 Å². The molecule has 1 aliphatic heterocycles. The second kappa shape index (κ2) is 5.76. The Hall–Kier alpha value is -2.66. The van der Waals surface area contributed by atoms with Crippen LogP contribution >= 0.6 is 11.6 Å². The Labute approximate surface area is 139 Å². The van der Waals surface area contributed by atoms with E-state index in [0.717, 1.165) is 0 Å². The monoisotopic (exact) mass is 352 g/mol. The minimum atomic E-state index is -1.46. The first-order chi connectivity index (χ1) is 11.4. The van der Waals surface area contributed by atoms with Crippen LogP contribution in [0.15, 0.2) is 0 Å². The molecule has 2 aromatic rings. The van der Waals surface area contributed by atoms with Gasteiger partial charge in [-0.1, -0.05) is 11.6 Å². The van der Waals surface area contributed by atoms with Gasteiger partial charge in [-0.25, -0.2) is 13.6 Å². The number of carbonyl (C=O) groups excluding carboxylic acids is 1. The summed E-state index contributed by atoms with van der Waals surface area (Å²) >= 11 is 6.04. The van der Waals surface area contributed by atoms with Gasteiger partial charge >= 0.3 is 5.97 Å². The van der Waals surface area contributed by atoms with Crippen molar-refractivity contribution in [3.05, 3.63) is 33.3 Å². The van der Waals surface area contributed by atoms with Crippen molar-refractivity contribution in [2.24, 2.45) is 0 Å². The van der Waals surface area contributed by atoms with E-state index in [1.807, 2.05) is 0 Å². The third-order valence-corrected chi connectivity index (χ3v) is 4.18. The van der Waals surface area contributed by atoms with Gasteiger partial charge in [0.25, 0.3) is 0 Å². The number of nitrogens with zero attached hydrogens (tertiary/aromatic N) is 2. The van der Waals surface area contributed by atoms with Crippen molar-refractivity contribution >= 4 is 34.2 Å². The molecule has 3 rings (SSSR count). The van der Waals surface area contributed by atoms with E-state index in [9.17, 15) is 13.6 Å². The molecule has 0 spiro atoms. The van der Waals surface area contributed by atoms with E-state index in [1.165, 1.54) is 10.6 Å². The van der Waals surface area contributed by atoms with E-state index in [4.69, 9.17) is 27.0 Å². The maximum Gasteiger partial charge on any atom is 0.342 e. The largest absolute Gasteiger partial charge is 0.462 e. The predicted molar refractivity (Wildman–Crippen MR) is 81.9 cm³/mol. The first-order valence-corrected chi connectivity index (χ1v) is 7.44. The third kappa shape index (κ3) is 2.05. The van der Waals surface area contributed by atoms with Crippen molar-refractivity contribution in [2.45, 2.75) is 13.5 Å². The normalized spacial score (nSPS) is 12.6. The molecule has 0 saturated carbocycles. The summed E-state index contributed by atoms with van der Waals surface area (Å²) < 4.78 is 35.2. The molecule has 0 saturated heterocycles. The molecule has 1 aromatic heterocycles. The van der Waals surface area contributed by atoms with Crippen LogP contribution < -0.4 is 10.8 Å². The number of hydrogen-bond donors (Lipinski definition) is 2. The zero-order chi connectivity index (χ0) is 17.6. The van der Waals surface area contributed by atoms with Crippen LogP contribution in [0.4, 0.5) is 14.6 Å². The SMILES string of the molecule is CCOC(=O)c1c2n(c(=N)c3c(Cl)c(C#N)c(F)c(F)c13)CCN2. The molecule has 1 aromatic carbocycles. The Kier molecular flexibility index (Phi) is 3.89. The van der Waals surface area contributed by atoms with Crippen molar-refractivity contribution in [1.82, 2.24) is 4.57 Å². The lowest BCUT2D eigenvalue weighted by Crippen LogP contribution is -2.23. The van der Waals surface area contributed by atoms with Crippen LogP contribution in [0.5, 0.6) is 0 Å². The number of nitrogens with one attached hydrogen (secondary N) is 2. The molecule has 0 radical (unpaired) electrons. The highest BCUT2D eigenvalue weighted by atomic mass is 35.5. The van der Waals surface area contributed by atoms with Crippen LogP contribution in [-0.2, 0) is 11.3 Å². The van der Waals surface area contributed by atoms with Crippen LogP contribution in [-0.4, -0.2) is 23.7 Å². The van der Waals surface area contributed by atoms with Crippen LogP contribution in [0.1, 0.15) is 22.8 Å². The summed E-state index contributed by atoms with van der Waals surface area (Å²) in [6.07, 6.45) is 0. The topological polar surface area (TPSA) is 90.9 Å². The Morgan fingerprint density at radius 1 is 1.46 bits per heavy atom. The maximum atomic E-state index is 14.6. The number of hydrogen-bond acceptors (Lipinski definition) is 5. The summed E-state index contributed by atoms with van der Waals surface area (Å²) in [5, 5.41) is 19.1. The molecule has 9 heteroatoms. The Morgan fingerprint density at radius 3 is 2.79 bits per heavy atom. The van der Waals surface area contributed by atoms with Crippen molar-refractivity contribution in [2.75, 3.05) is 18.5 Å². The molecule has 0 amide bonds. The van der Waals surface area contributed by atoms with Gasteiger partial charge in [0.2, 0.25) is 0 Å². The number of rotatable bonds is 2. The number of nitriles is 1. The van der Waals surface area contributed by atoms with Gasteiger partial charge in [0.1, 0.15) is 28.5 Å². The first kappa shape index (κ1) is 16.2. The molecule has 0 aliphatic carbocycles. The van der Waals surface area contributed by atoms with Crippen LogP contribution in [0.2, 0.25) is 5.02 Å². The molecule has 2 heterocycles. The van der Waals surface area contributed by atoms with Crippen LogP contribution in [0.3, 0.4) is 0 Å². The highest BCUT2D eigenvalue weighted by molar-refractivity contribution is 6.37. The molecular formula is C15H11ClF2N4O2. The van der Waals surface area contributed by atoms with E-state index in [0.29, 0.717) is 13.1 Å². The van der Waals surface area contributed by atoms with Gasteiger partial charge in [0.05, 0.1) is 11.6 Å². The molecule has 1 aliphatic rings. The first-order valence-electron chi connectivity index (χ1n) is 7.06. The van der Waals surface area contributed by atoms with Crippen molar-refractivity contribution < 1.29 is 18.3 Å². The number of benzene rings is 1. The summed E-state index contributed by atoms with van der Waals surface area (Å²) in [5.41, 5.74) is -1.14. The smallest absolute Gasteiger partial charge is 0.342 e. The van der Waals surface area contributed by atoms with Crippen LogP contribution in [0.25, 0.3) is 10.8 Å². The van der Waals surface area contributed by atoms with Crippen molar-refractivity contribution in [3.63, 3.8) is 0 Å².